The number of rotatable bonds is 6. The van der Waals surface area contributed by atoms with Crippen molar-refractivity contribution in [1.29, 1.82) is 0 Å². The first-order valence-corrected chi connectivity index (χ1v) is 5.86. The molecule has 0 spiro atoms. The van der Waals surface area contributed by atoms with E-state index in [1.165, 1.54) is 0 Å². The van der Waals surface area contributed by atoms with Gasteiger partial charge in [-0.2, -0.15) is 0 Å². The van der Waals surface area contributed by atoms with Crippen LogP contribution >= 0.6 is 0 Å². The van der Waals surface area contributed by atoms with Crippen molar-refractivity contribution in [3.63, 3.8) is 0 Å². The van der Waals surface area contributed by atoms with Gasteiger partial charge in [0.05, 0.1) is 6.04 Å². The van der Waals surface area contributed by atoms with Gasteiger partial charge in [0, 0.05) is 23.5 Å². The number of nitrogens with one attached hydrogen (secondary N) is 2. The molecule has 0 radical (unpaired) electrons. The van der Waals surface area contributed by atoms with Gasteiger partial charge >= 0.3 is 0 Å². The number of hydrogen-bond donors (Lipinski definition) is 3. The molecule has 100 valence electrons. The van der Waals surface area contributed by atoms with Gasteiger partial charge in [0.15, 0.2) is 0 Å². The van der Waals surface area contributed by atoms with Gasteiger partial charge < -0.3 is 15.1 Å². The summed E-state index contributed by atoms with van der Waals surface area (Å²) in [4.78, 5) is 29.7. The third-order valence-corrected chi connectivity index (χ3v) is 2.84. The molecule has 2 aromatic rings. The topological polar surface area (TPSA) is 97.2 Å². The van der Waals surface area contributed by atoms with Crippen LogP contribution in [0.1, 0.15) is 5.56 Å². The quantitative estimate of drug-likeness (QED) is 0.514. The van der Waals surface area contributed by atoms with E-state index in [2.05, 4.69) is 15.1 Å². The second-order valence-corrected chi connectivity index (χ2v) is 4.18. The zero-order valence-corrected chi connectivity index (χ0v) is 10.3. The van der Waals surface area contributed by atoms with E-state index in [1.54, 1.807) is 0 Å². The molecule has 6 heteroatoms. The van der Waals surface area contributed by atoms with Crippen LogP contribution < -0.4 is 11.2 Å². The Bertz CT molecular complexity index is 579. The number of aromatic amines is 1. The van der Waals surface area contributed by atoms with Crippen LogP contribution in [-0.4, -0.2) is 29.8 Å². The molecule has 0 fully saturated rings. The highest BCUT2D eigenvalue weighted by Gasteiger charge is 2.14. The van der Waals surface area contributed by atoms with E-state index >= 15 is 0 Å². The van der Waals surface area contributed by atoms with Crippen LogP contribution in [0.25, 0.3) is 10.9 Å². The van der Waals surface area contributed by atoms with Gasteiger partial charge in [0.2, 0.25) is 5.91 Å². The lowest BCUT2D eigenvalue weighted by Gasteiger charge is -2.11. The number of nitrogens with two attached hydrogens (primary N) is 1. The van der Waals surface area contributed by atoms with Gasteiger partial charge in [0.1, 0.15) is 12.9 Å². The second-order valence-electron chi connectivity index (χ2n) is 4.18. The summed E-state index contributed by atoms with van der Waals surface area (Å²) in [6, 6.07) is 7.18. The smallest absolute Gasteiger partial charge is 0.248 e. The summed E-state index contributed by atoms with van der Waals surface area (Å²) in [6.07, 6.45) is 2.97. The number of hydrogen-bond acceptors (Lipinski definition) is 4. The Labute approximate surface area is 109 Å². The Morgan fingerprint density at radius 2 is 2.26 bits per heavy atom. The zero-order valence-electron chi connectivity index (χ0n) is 10.3. The van der Waals surface area contributed by atoms with Crippen LogP contribution in [0, 0.1) is 0 Å². The Balaban J connectivity index is 2.10. The molecule has 1 atom stereocenters. The van der Waals surface area contributed by atoms with Crippen molar-refractivity contribution in [3.05, 3.63) is 36.0 Å². The van der Waals surface area contributed by atoms with Crippen LogP contribution in [0.15, 0.2) is 30.5 Å². The summed E-state index contributed by atoms with van der Waals surface area (Å²) < 4.78 is 0. The Hall–Kier alpha value is -2.18. The third-order valence-electron chi connectivity index (χ3n) is 2.84. The predicted octanol–water partition coefficient (Wildman–Crippen LogP) is 0.284. The number of carbonyl (C=O) groups excluding carboxylic acids is 2. The van der Waals surface area contributed by atoms with Crippen LogP contribution in [-0.2, 0) is 20.8 Å². The van der Waals surface area contributed by atoms with Crippen molar-refractivity contribution < 1.29 is 14.4 Å². The van der Waals surface area contributed by atoms with E-state index in [0.717, 1.165) is 16.5 Å². The number of H-pyrrole nitrogens is 1. The van der Waals surface area contributed by atoms with Crippen molar-refractivity contribution in [2.24, 2.45) is 5.90 Å². The molecule has 19 heavy (non-hydrogen) atoms. The van der Waals surface area contributed by atoms with E-state index in [0.29, 0.717) is 12.7 Å². The summed E-state index contributed by atoms with van der Waals surface area (Å²) in [5.41, 5.74) is 1.97. The highest BCUT2D eigenvalue weighted by atomic mass is 16.6. The molecule has 6 nitrogen and oxygen atoms in total. The Kier molecular flexibility index (Phi) is 4.27. The van der Waals surface area contributed by atoms with E-state index in [9.17, 15) is 9.59 Å². The number of para-hydroxylation sites is 1. The van der Waals surface area contributed by atoms with Crippen molar-refractivity contribution in [2.45, 2.75) is 12.5 Å². The monoisotopic (exact) mass is 261 g/mol. The average molecular weight is 261 g/mol. The number of fused-ring (bicyclic) bond motifs is 1. The van der Waals surface area contributed by atoms with E-state index in [-0.39, 0.29) is 6.61 Å². The van der Waals surface area contributed by atoms with Gasteiger partial charge in [-0.25, -0.2) is 5.90 Å². The molecule has 1 amide bonds. The van der Waals surface area contributed by atoms with Crippen molar-refractivity contribution >= 4 is 23.1 Å². The van der Waals surface area contributed by atoms with Gasteiger partial charge in [-0.3, -0.25) is 9.63 Å². The number of aromatic nitrogens is 1. The van der Waals surface area contributed by atoms with Crippen molar-refractivity contribution in [1.82, 2.24) is 10.3 Å². The molecular weight excluding hydrogens is 246 g/mol. The summed E-state index contributed by atoms with van der Waals surface area (Å²) in [5, 5.41) is 3.59. The number of benzene rings is 1. The number of carbonyl (C=O) groups is 2. The van der Waals surface area contributed by atoms with E-state index < -0.39 is 11.9 Å². The maximum absolute atomic E-state index is 11.3. The van der Waals surface area contributed by atoms with Crippen LogP contribution in [0.2, 0.25) is 0 Å². The Morgan fingerprint density at radius 3 is 3.00 bits per heavy atom. The fraction of sp³-hybridized carbons (Fsp3) is 0.231. The molecule has 1 aromatic carbocycles. The molecule has 0 aliphatic rings. The Morgan fingerprint density at radius 1 is 1.47 bits per heavy atom. The van der Waals surface area contributed by atoms with Crippen LogP contribution in [0.5, 0.6) is 0 Å². The highest BCUT2D eigenvalue weighted by Crippen LogP contribution is 2.18. The maximum Gasteiger partial charge on any atom is 0.248 e. The molecule has 0 saturated heterocycles. The molecule has 1 unspecified atom stereocenters. The first-order valence-electron chi connectivity index (χ1n) is 5.86. The molecule has 4 N–H and O–H groups in total. The van der Waals surface area contributed by atoms with Crippen molar-refractivity contribution in [2.75, 3.05) is 6.61 Å². The standard InChI is InChI=1S/C13H15N3O3/c14-19-8-13(18)16-10(7-17)5-9-6-15-12-4-2-1-3-11(9)12/h1-4,6-7,10,15H,5,8,14H2,(H,16,18). The van der Waals surface area contributed by atoms with Gasteiger partial charge in [-0.05, 0) is 11.6 Å². The first kappa shape index (κ1) is 13.3. The lowest BCUT2D eigenvalue weighted by atomic mass is 10.1. The molecule has 0 aliphatic carbocycles. The summed E-state index contributed by atoms with van der Waals surface area (Å²) >= 11 is 0. The lowest BCUT2D eigenvalue weighted by molar-refractivity contribution is -0.128. The minimum atomic E-state index is -0.596. The van der Waals surface area contributed by atoms with E-state index in [1.807, 2.05) is 30.5 Å². The summed E-state index contributed by atoms with van der Waals surface area (Å²) in [6.45, 7) is -0.266. The molecule has 0 bridgehead atoms. The third kappa shape index (κ3) is 3.18. The average Bonchev–Trinajstić information content (AvgIpc) is 2.82. The molecule has 0 aliphatic heterocycles. The van der Waals surface area contributed by atoms with Crippen LogP contribution in [0.4, 0.5) is 0 Å². The van der Waals surface area contributed by atoms with Crippen LogP contribution in [0.3, 0.4) is 0 Å². The van der Waals surface area contributed by atoms with Gasteiger partial charge in [0.25, 0.3) is 0 Å². The minimum absolute atomic E-state index is 0.266. The SMILES string of the molecule is NOCC(=O)NC(C=O)Cc1c[nH]c2ccccc12. The number of aldehydes is 1. The fourth-order valence-corrected chi connectivity index (χ4v) is 1.99. The highest BCUT2D eigenvalue weighted by molar-refractivity contribution is 5.84. The fourth-order valence-electron chi connectivity index (χ4n) is 1.99. The molecule has 0 saturated carbocycles. The molecule has 2 rings (SSSR count). The van der Waals surface area contributed by atoms with Gasteiger partial charge in [-0.15, -0.1) is 0 Å². The van der Waals surface area contributed by atoms with Crippen molar-refractivity contribution in [3.8, 4) is 0 Å². The largest absolute Gasteiger partial charge is 0.361 e. The first-order chi connectivity index (χ1) is 9.24. The minimum Gasteiger partial charge on any atom is -0.361 e. The number of amides is 1. The zero-order chi connectivity index (χ0) is 13.7. The normalized spacial score (nSPS) is 12.3. The van der Waals surface area contributed by atoms with Gasteiger partial charge in [-0.1, -0.05) is 18.2 Å². The lowest BCUT2D eigenvalue weighted by Crippen LogP contribution is -2.40. The van der Waals surface area contributed by atoms with E-state index in [4.69, 9.17) is 5.90 Å². The molecule has 1 aromatic heterocycles. The summed E-state index contributed by atoms with van der Waals surface area (Å²) in [7, 11) is 0. The second kappa shape index (κ2) is 6.12. The molecule has 1 heterocycles. The predicted molar refractivity (Wildman–Crippen MR) is 70.1 cm³/mol. The maximum atomic E-state index is 11.3. The summed E-state index contributed by atoms with van der Waals surface area (Å²) in [5.74, 6) is 4.39. The molecular formula is C13H15N3O3.